The number of nitrogens with one attached hydrogen (secondary N) is 1. The Labute approximate surface area is 134 Å². The number of aromatic nitrogens is 2. The number of fused-ring (bicyclic) bond motifs is 1. The maximum Gasteiger partial charge on any atom is 0.262 e. The molecule has 6 nitrogen and oxygen atoms in total. The Morgan fingerprint density at radius 1 is 0.957 bits per heavy atom. The summed E-state index contributed by atoms with van der Waals surface area (Å²) in [5, 5.41) is 0.581. The molecule has 0 radical (unpaired) electrons. The van der Waals surface area contributed by atoms with Crippen molar-refractivity contribution in [2.75, 3.05) is 23.7 Å². The molecule has 0 aliphatic rings. The van der Waals surface area contributed by atoms with Crippen molar-refractivity contribution in [2.24, 2.45) is 0 Å². The fourth-order valence-corrected chi connectivity index (χ4v) is 3.62. The first-order valence-corrected chi connectivity index (χ1v) is 8.46. The molecule has 2 heterocycles. The summed E-state index contributed by atoms with van der Waals surface area (Å²) in [5.74, 6) is 0.550. The number of sulfonamides is 1. The van der Waals surface area contributed by atoms with Gasteiger partial charge in [-0.15, -0.1) is 0 Å². The molecule has 1 N–H and O–H groups in total. The summed E-state index contributed by atoms with van der Waals surface area (Å²) in [6, 6.07) is 11.9. The molecule has 2 aromatic heterocycles. The van der Waals surface area contributed by atoms with Gasteiger partial charge < -0.3 is 4.90 Å². The quantitative estimate of drug-likeness (QED) is 0.796. The summed E-state index contributed by atoms with van der Waals surface area (Å²) >= 11 is 0. The zero-order valence-electron chi connectivity index (χ0n) is 12.8. The zero-order valence-corrected chi connectivity index (χ0v) is 13.6. The van der Waals surface area contributed by atoms with Crippen LogP contribution in [-0.2, 0) is 10.0 Å². The Bertz CT molecular complexity index is 950. The second-order valence-electron chi connectivity index (χ2n) is 5.20. The Balaban J connectivity index is 2.09. The lowest BCUT2D eigenvalue weighted by Gasteiger charge is -2.17. The van der Waals surface area contributed by atoms with Gasteiger partial charge in [-0.05, 0) is 36.4 Å². The molecule has 0 unspecified atom stereocenters. The molecule has 0 bridgehead atoms. The predicted molar refractivity (Wildman–Crippen MR) is 91.1 cm³/mol. The summed E-state index contributed by atoms with van der Waals surface area (Å²) in [6.45, 7) is 0. The average molecular weight is 328 g/mol. The maximum atomic E-state index is 12.8. The van der Waals surface area contributed by atoms with Gasteiger partial charge in [-0.3, -0.25) is 9.71 Å². The van der Waals surface area contributed by atoms with Crippen molar-refractivity contribution >= 4 is 32.4 Å². The minimum Gasteiger partial charge on any atom is -0.361 e. The van der Waals surface area contributed by atoms with E-state index in [-0.39, 0.29) is 4.90 Å². The zero-order chi connectivity index (χ0) is 16.4. The van der Waals surface area contributed by atoms with Crippen LogP contribution in [0.25, 0.3) is 10.9 Å². The number of pyridine rings is 2. The molecule has 0 saturated heterocycles. The molecule has 0 atom stereocenters. The normalized spacial score (nSPS) is 11.4. The molecule has 0 spiro atoms. The maximum absolute atomic E-state index is 12.8. The van der Waals surface area contributed by atoms with Gasteiger partial charge in [0, 0.05) is 31.9 Å². The van der Waals surface area contributed by atoms with Crippen LogP contribution in [-0.4, -0.2) is 32.5 Å². The number of nitrogens with zero attached hydrogens (tertiary/aromatic N) is 3. The van der Waals surface area contributed by atoms with E-state index in [2.05, 4.69) is 14.7 Å². The molecule has 1 aromatic carbocycles. The van der Waals surface area contributed by atoms with Crippen LogP contribution in [0.2, 0.25) is 0 Å². The average Bonchev–Trinajstić information content (AvgIpc) is 2.54. The summed E-state index contributed by atoms with van der Waals surface area (Å²) < 4.78 is 28.2. The van der Waals surface area contributed by atoms with E-state index < -0.39 is 10.0 Å². The SMILES string of the molecule is CN(C)c1ncccc1NS(=O)(=O)c1cccc2ncccc12. The highest BCUT2D eigenvalue weighted by atomic mass is 32.2. The van der Waals surface area contributed by atoms with E-state index in [4.69, 9.17) is 0 Å². The first kappa shape index (κ1) is 15.2. The number of rotatable bonds is 4. The standard InChI is InChI=1S/C16H16N4O2S/c1-20(2)16-14(8-5-11-18-16)19-23(21,22)15-9-3-7-13-12(15)6-4-10-17-13/h3-11,19H,1-2H3. The molecule has 7 heteroatoms. The van der Waals surface area contributed by atoms with Gasteiger partial charge in [-0.1, -0.05) is 6.07 Å². The van der Waals surface area contributed by atoms with E-state index in [0.29, 0.717) is 22.4 Å². The summed E-state index contributed by atoms with van der Waals surface area (Å²) in [7, 11) is -0.138. The highest BCUT2D eigenvalue weighted by Crippen LogP contribution is 2.27. The van der Waals surface area contributed by atoms with Gasteiger partial charge >= 0.3 is 0 Å². The highest BCUT2D eigenvalue weighted by Gasteiger charge is 2.19. The van der Waals surface area contributed by atoms with E-state index in [1.54, 1.807) is 59.8 Å². The molecular weight excluding hydrogens is 312 g/mol. The number of hydrogen-bond donors (Lipinski definition) is 1. The number of anilines is 2. The first-order valence-electron chi connectivity index (χ1n) is 6.98. The van der Waals surface area contributed by atoms with Crippen molar-refractivity contribution in [1.82, 2.24) is 9.97 Å². The van der Waals surface area contributed by atoms with Crippen molar-refractivity contribution in [3.63, 3.8) is 0 Å². The van der Waals surface area contributed by atoms with Crippen LogP contribution in [0.3, 0.4) is 0 Å². The Hall–Kier alpha value is -2.67. The van der Waals surface area contributed by atoms with Crippen molar-refractivity contribution < 1.29 is 8.42 Å². The summed E-state index contributed by atoms with van der Waals surface area (Å²) in [4.78, 5) is 10.3. The fourth-order valence-electron chi connectivity index (χ4n) is 2.34. The molecule has 23 heavy (non-hydrogen) atoms. The van der Waals surface area contributed by atoms with Gasteiger partial charge in [0.25, 0.3) is 10.0 Å². The number of benzene rings is 1. The summed E-state index contributed by atoms with van der Waals surface area (Å²) in [5.41, 5.74) is 1.06. The molecule has 0 aliphatic carbocycles. The van der Waals surface area contributed by atoms with Crippen molar-refractivity contribution in [3.8, 4) is 0 Å². The largest absolute Gasteiger partial charge is 0.361 e. The van der Waals surface area contributed by atoms with Crippen LogP contribution in [0.1, 0.15) is 0 Å². The molecule has 0 saturated carbocycles. The second-order valence-corrected chi connectivity index (χ2v) is 6.85. The van der Waals surface area contributed by atoms with E-state index in [1.165, 1.54) is 0 Å². The topological polar surface area (TPSA) is 75.2 Å². The van der Waals surface area contributed by atoms with Crippen molar-refractivity contribution in [2.45, 2.75) is 4.90 Å². The first-order chi connectivity index (χ1) is 11.0. The van der Waals surface area contributed by atoms with E-state index in [0.717, 1.165) is 0 Å². The van der Waals surface area contributed by atoms with Crippen molar-refractivity contribution in [1.29, 1.82) is 0 Å². The van der Waals surface area contributed by atoms with E-state index in [9.17, 15) is 8.42 Å². The molecular formula is C16H16N4O2S. The number of hydrogen-bond acceptors (Lipinski definition) is 5. The van der Waals surface area contributed by atoms with Crippen LogP contribution >= 0.6 is 0 Å². The minimum atomic E-state index is -3.75. The molecule has 118 valence electrons. The molecule has 3 aromatic rings. The van der Waals surface area contributed by atoms with Gasteiger partial charge in [-0.2, -0.15) is 0 Å². The summed E-state index contributed by atoms with van der Waals surface area (Å²) in [6.07, 6.45) is 3.26. The van der Waals surface area contributed by atoms with Gasteiger partial charge in [0.15, 0.2) is 5.82 Å². The molecule has 0 aliphatic heterocycles. The lowest BCUT2D eigenvalue weighted by atomic mass is 10.2. The van der Waals surface area contributed by atoms with Crippen LogP contribution in [0.5, 0.6) is 0 Å². The van der Waals surface area contributed by atoms with Crippen LogP contribution in [0, 0.1) is 0 Å². The molecule has 3 rings (SSSR count). The Morgan fingerprint density at radius 2 is 1.70 bits per heavy atom. The van der Waals surface area contributed by atoms with Gasteiger partial charge in [-0.25, -0.2) is 13.4 Å². The Morgan fingerprint density at radius 3 is 2.48 bits per heavy atom. The Kier molecular flexibility index (Phi) is 3.87. The van der Waals surface area contributed by atoms with E-state index >= 15 is 0 Å². The lowest BCUT2D eigenvalue weighted by Crippen LogP contribution is -2.18. The van der Waals surface area contributed by atoms with Crippen LogP contribution in [0.15, 0.2) is 59.8 Å². The van der Waals surface area contributed by atoms with Gasteiger partial charge in [0.2, 0.25) is 0 Å². The highest BCUT2D eigenvalue weighted by molar-refractivity contribution is 7.93. The van der Waals surface area contributed by atoms with Gasteiger partial charge in [0.05, 0.1) is 16.1 Å². The smallest absolute Gasteiger partial charge is 0.262 e. The predicted octanol–water partition coefficient (Wildman–Crippen LogP) is 2.50. The molecule has 0 amide bonds. The third-order valence-corrected chi connectivity index (χ3v) is 4.77. The fraction of sp³-hybridized carbons (Fsp3) is 0.125. The molecule has 0 fully saturated rings. The lowest BCUT2D eigenvalue weighted by molar-refractivity contribution is 0.602. The van der Waals surface area contributed by atoms with Crippen LogP contribution in [0.4, 0.5) is 11.5 Å². The third kappa shape index (κ3) is 2.95. The third-order valence-electron chi connectivity index (χ3n) is 3.35. The van der Waals surface area contributed by atoms with E-state index in [1.807, 2.05) is 14.1 Å². The van der Waals surface area contributed by atoms with Crippen molar-refractivity contribution in [3.05, 3.63) is 54.9 Å². The monoisotopic (exact) mass is 328 g/mol. The minimum absolute atomic E-state index is 0.191. The van der Waals surface area contributed by atoms with Gasteiger partial charge in [0.1, 0.15) is 0 Å². The van der Waals surface area contributed by atoms with Crippen LogP contribution < -0.4 is 9.62 Å². The second kappa shape index (κ2) is 5.85.